The Morgan fingerprint density at radius 2 is 1.90 bits per heavy atom. The summed E-state index contributed by atoms with van der Waals surface area (Å²) in [5.41, 5.74) is 1.60. The molecular weight excluding hydrogens is 384 g/mol. The first-order chi connectivity index (χ1) is 14.7. The van der Waals surface area contributed by atoms with E-state index >= 15 is 0 Å². The van der Waals surface area contributed by atoms with Gasteiger partial charge in [-0.2, -0.15) is 0 Å². The van der Waals surface area contributed by atoms with Gasteiger partial charge in [-0.1, -0.05) is 12.1 Å². The third kappa shape index (κ3) is 3.22. The Balaban J connectivity index is 1.64. The second-order valence-corrected chi connectivity index (χ2v) is 6.98. The van der Waals surface area contributed by atoms with Crippen molar-refractivity contribution < 1.29 is 9.47 Å². The fourth-order valence-electron chi connectivity index (χ4n) is 3.60. The number of H-pyrrole nitrogens is 1. The van der Waals surface area contributed by atoms with Crippen LogP contribution in [0.4, 0.5) is 0 Å². The predicted molar refractivity (Wildman–Crippen MR) is 111 cm³/mol. The average Bonchev–Trinajstić information content (AvgIpc) is 3.02. The average molecular weight is 402 g/mol. The van der Waals surface area contributed by atoms with Crippen molar-refractivity contribution in [2.24, 2.45) is 0 Å². The summed E-state index contributed by atoms with van der Waals surface area (Å²) in [7, 11) is 0. The van der Waals surface area contributed by atoms with Crippen LogP contribution in [0.3, 0.4) is 0 Å². The molecule has 0 radical (unpaired) electrons. The largest absolute Gasteiger partial charge is 0.490 e. The van der Waals surface area contributed by atoms with Crippen molar-refractivity contribution in [3.63, 3.8) is 0 Å². The first-order valence-corrected chi connectivity index (χ1v) is 9.61. The van der Waals surface area contributed by atoms with Crippen LogP contribution in [0.5, 0.6) is 11.5 Å². The number of aromatic nitrogens is 4. The molecule has 1 aromatic carbocycles. The van der Waals surface area contributed by atoms with Crippen LogP contribution in [0.15, 0.2) is 64.6 Å². The second-order valence-electron chi connectivity index (χ2n) is 6.98. The van der Waals surface area contributed by atoms with E-state index < -0.39 is 11.2 Å². The van der Waals surface area contributed by atoms with Crippen molar-refractivity contribution in [3.05, 3.63) is 81.4 Å². The number of hydrogen-bond acceptors (Lipinski definition) is 6. The molecule has 150 valence electrons. The van der Waals surface area contributed by atoms with Crippen LogP contribution >= 0.6 is 0 Å². The molecule has 1 N–H and O–H groups in total. The zero-order chi connectivity index (χ0) is 20.5. The van der Waals surface area contributed by atoms with Gasteiger partial charge in [0.1, 0.15) is 5.65 Å². The van der Waals surface area contributed by atoms with E-state index in [0.29, 0.717) is 41.3 Å². The first kappa shape index (κ1) is 18.1. The normalized spacial score (nSPS) is 13.2. The maximum atomic E-state index is 12.7. The minimum absolute atomic E-state index is 0.228. The molecule has 4 aromatic rings. The number of benzene rings is 1. The van der Waals surface area contributed by atoms with E-state index in [9.17, 15) is 9.59 Å². The van der Waals surface area contributed by atoms with Gasteiger partial charge < -0.3 is 9.47 Å². The molecule has 3 aromatic heterocycles. The number of aromatic amines is 1. The number of rotatable bonds is 3. The highest BCUT2D eigenvalue weighted by Crippen LogP contribution is 2.31. The van der Waals surface area contributed by atoms with E-state index in [0.717, 1.165) is 17.5 Å². The van der Waals surface area contributed by atoms with Gasteiger partial charge in [-0.15, -0.1) is 0 Å². The molecule has 0 unspecified atom stereocenters. The molecule has 4 heterocycles. The lowest BCUT2D eigenvalue weighted by atomic mass is 10.1. The van der Waals surface area contributed by atoms with Gasteiger partial charge in [-0.3, -0.25) is 19.3 Å². The predicted octanol–water partition coefficient (Wildman–Crippen LogP) is 2.36. The van der Waals surface area contributed by atoms with Crippen LogP contribution in [-0.4, -0.2) is 32.7 Å². The van der Waals surface area contributed by atoms with Gasteiger partial charge in [-0.05, 0) is 29.8 Å². The smallest absolute Gasteiger partial charge is 0.330 e. The maximum Gasteiger partial charge on any atom is 0.330 e. The van der Waals surface area contributed by atoms with Crippen LogP contribution in [0, 0.1) is 0 Å². The lowest BCUT2D eigenvalue weighted by molar-refractivity contribution is 0.297. The fraction of sp³-hybridized carbons (Fsp3) is 0.182. The third-order valence-electron chi connectivity index (χ3n) is 5.00. The molecule has 1 aliphatic heterocycles. The van der Waals surface area contributed by atoms with Gasteiger partial charge >= 0.3 is 5.69 Å². The number of pyridine rings is 2. The number of hydrogen-bond donors (Lipinski definition) is 1. The van der Waals surface area contributed by atoms with Crippen molar-refractivity contribution >= 4 is 11.0 Å². The molecule has 1 aliphatic rings. The lowest BCUT2D eigenvalue weighted by Crippen LogP contribution is -2.31. The molecule has 0 saturated carbocycles. The summed E-state index contributed by atoms with van der Waals surface area (Å²) in [6.45, 7) is 1.41. The zero-order valence-corrected chi connectivity index (χ0v) is 16.0. The van der Waals surface area contributed by atoms with Crippen molar-refractivity contribution in [2.75, 3.05) is 13.2 Å². The van der Waals surface area contributed by atoms with E-state index in [1.807, 2.05) is 24.3 Å². The third-order valence-corrected chi connectivity index (χ3v) is 5.00. The van der Waals surface area contributed by atoms with E-state index in [-0.39, 0.29) is 6.54 Å². The van der Waals surface area contributed by atoms with Gasteiger partial charge in [0.05, 0.1) is 25.1 Å². The molecular formula is C22H18N4O4. The SMILES string of the molecule is O=c1[nH]c(=O)n(Cc2ccc3c(c2)OCCCO3)c2nccc(-c3cccnc3)c12. The van der Waals surface area contributed by atoms with Gasteiger partial charge in [0.15, 0.2) is 11.5 Å². The Morgan fingerprint density at radius 3 is 2.73 bits per heavy atom. The maximum absolute atomic E-state index is 12.7. The van der Waals surface area contributed by atoms with Crippen LogP contribution in [-0.2, 0) is 6.54 Å². The Kier molecular flexibility index (Phi) is 4.51. The number of fused-ring (bicyclic) bond motifs is 2. The van der Waals surface area contributed by atoms with E-state index in [1.165, 1.54) is 4.57 Å². The van der Waals surface area contributed by atoms with Crippen LogP contribution in [0.1, 0.15) is 12.0 Å². The molecule has 5 rings (SSSR count). The number of nitrogens with zero attached hydrogens (tertiary/aromatic N) is 3. The summed E-state index contributed by atoms with van der Waals surface area (Å²) in [5.74, 6) is 1.34. The first-order valence-electron chi connectivity index (χ1n) is 9.61. The highest BCUT2D eigenvalue weighted by atomic mass is 16.5. The summed E-state index contributed by atoms with van der Waals surface area (Å²) in [4.78, 5) is 36.2. The standard InChI is InChI=1S/C22H18N4O4/c27-21-19-16(15-3-1-7-23-12-15)6-8-24-20(19)26(22(28)25-21)13-14-4-5-17-18(11-14)30-10-2-9-29-17/h1,3-8,11-12H,2,9-10,13H2,(H,25,27,28). The van der Waals surface area contributed by atoms with E-state index in [1.54, 1.807) is 30.7 Å². The van der Waals surface area contributed by atoms with Gasteiger partial charge in [0.25, 0.3) is 5.56 Å². The minimum Gasteiger partial charge on any atom is -0.490 e. The molecule has 0 aliphatic carbocycles. The molecule has 0 fully saturated rings. The molecule has 0 saturated heterocycles. The molecule has 0 spiro atoms. The van der Waals surface area contributed by atoms with E-state index in [4.69, 9.17) is 9.47 Å². The Bertz CT molecular complexity index is 1350. The summed E-state index contributed by atoms with van der Waals surface area (Å²) < 4.78 is 12.9. The monoisotopic (exact) mass is 402 g/mol. The number of nitrogens with one attached hydrogen (secondary N) is 1. The van der Waals surface area contributed by atoms with Crippen molar-refractivity contribution in [3.8, 4) is 22.6 Å². The van der Waals surface area contributed by atoms with Crippen LogP contribution < -0.4 is 20.7 Å². The zero-order valence-electron chi connectivity index (χ0n) is 16.0. The highest BCUT2D eigenvalue weighted by Gasteiger charge is 2.16. The summed E-state index contributed by atoms with van der Waals surface area (Å²) in [6.07, 6.45) is 5.74. The van der Waals surface area contributed by atoms with E-state index in [2.05, 4.69) is 15.0 Å². The number of ether oxygens (including phenoxy) is 2. The van der Waals surface area contributed by atoms with Crippen molar-refractivity contribution in [1.82, 2.24) is 19.5 Å². The summed E-state index contributed by atoms with van der Waals surface area (Å²) >= 11 is 0. The molecule has 8 nitrogen and oxygen atoms in total. The Morgan fingerprint density at radius 1 is 1.03 bits per heavy atom. The topological polar surface area (TPSA) is 99.1 Å². The van der Waals surface area contributed by atoms with Crippen LogP contribution in [0.25, 0.3) is 22.2 Å². The quantitative estimate of drug-likeness (QED) is 0.565. The lowest BCUT2D eigenvalue weighted by Gasteiger charge is -2.13. The van der Waals surface area contributed by atoms with Gasteiger partial charge in [-0.25, -0.2) is 9.78 Å². The molecule has 30 heavy (non-hydrogen) atoms. The summed E-state index contributed by atoms with van der Waals surface area (Å²) in [6, 6.07) is 11.0. The highest BCUT2D eigenvalue weighted by molar-refractivity contribution is 5.91. The van der Waals surface area contributed by atoms with Gasteiger partial charge in [0, 0.05) is 36.1 Å². The Hall–Kier alpha value is -3.94. The molecule has 0 atom stereocenters. The molecule has 0 amide bonds. The molecule has 0 bridgehead atoms. The van der Waals surface area contributed by atoms with Crippen molar-refractivity contribution in [1.29, 1.82) is 0 Å². The van der Waals surface area contributed by atoms with Crippen LogP contribution in [0.2, 0.25) is 0 Å². The van der Waals surface area contributed by atoms with Crippen molar-refractivity contribution in [2.45, 2.75) is 13.0 Å². The summed E-state index contributed by atoms with van der Waals surface area (Å²) in [5, 5.41) is 0.347. The second kappa shape index (κ2) is 7.47. The fourth-order valence-corrected chi connectivity index (χ4v) is 3.60. The Labute approximate surface area is 170 Å². The minimum atomic E-state index is -0.518. The molecule has 8 heteroatoms. The van der Waals surface area contributed by atoms with Gasteiger partial charge in [0.2, 0.25) is 0 Å².